The van der Waals surface area contributed by atoms with Crippen LogP contribution in [0.1, 0.15) is 79.2 Å². The summed E-state index contributed by atoms with van der Waals surface area (Å²) < 4.78 is 18.4. The standard InChI is InChI=1S/C34H37ClN2O6/c1-8-42-32(40)34(5,6)19-25-28(31(39)33(2,3)4)26-18-24(43-20-23-10-9-11-27(36-23)41-7)16-17-37(26)29(25)30(38)21-12-14-22(35)15-13-21/h9-18H,8,19-20H2,1-7H3. The van der Waals surface area contributed by atoms with E-state index in [9.17, 15) is 14.4 Å². The summed E-state index contributed by atoms with van der Waals surface area (Å²) in [4.78, 5) is 45.7. The average Bonchev–Trinajstić information content (AvgIpc) is 3.27. The molecule has 1 aromatic carbocycles. The van der Waals surface area contributed by atoms with E-state index in [0.717, 1.165) is 0 Å². The highest BCUT2D eigenvalue weighted by Crippen LogP contribution is 2.37. The van der Waals surface area contributed by atoms with Gasteiger partial charge in [0.1, 0.15) is 12.4 Å². The van der Waals surface area contributed by atoms with Crippen molar-refractivity contribution < 1.29 is 28.6 Å². The van der Waals surface area contributed by atoms with Gasteiger partial charge in [0, 0.05) is 39.9 Å². The van der Waals surface area contributed by atoms with Crippen LogP contribution in [0.4, 0.5) is 0 Å². The molecule has 3 aromatic heterocycles. The predicted molar refractivity (Wildman–Crippen MR) is 165 cm³/mol. The monoisotopic (exact) mass is 604 g/mol. The fraction of sp³-hybridized carbons (Fsp3) is 0.353. The number of Topliss-reactive ketones (excluding diaryl/α,β-unsaturated/α-hetero) is 1. The maximum absolute atomic E-state index is 14.2. The first kappa shape index (κ1) is 31.8. The third-order valence-corrected chi connectivity index (χ3v) is 7.32. The van der Waals surface area contributed by atoms with Gasteiger partial charge in [-0.3, -0.25) is 14.4 Å². The molecule has 4 aromatic rings. The van der Waals surface area contributed by atoms with Gasteiger partial charge in [0.25, 0.3) is 0 Å². The lowest BCUT2D eigenvalue weighted by atomic mass is 9.79. The van der Waals surface area contributed by atoms with Gasteiger partial charge in [0.05, 0.1) is 36.0 Å². The lowest BCUT2D eigenvalue weighted by Gasteiger charge is -2.24. The smallest absolute Gasteiger partial charge is 0.311 e. The number of carbonyl (C=O) groups is 3. The summed E-state index contributed by atoms with van der Waals surface area (Å²) in [7, 11) is 1.55. The van der Waals surface area contributed by atoms with Crippen molar-refractivity contribution in [3.63, 3.8) is 0 Å². The highest BCUT2D eigenvalue weighted by atomic mass is 35.5. The van der Waals surface area contributed by atoms with Crippen LogP contribution in [-0.4, -0.2) is 40.6 Å². The van der Waals surface area contributed by atoms with Crippen LogP contribution >= 0.6 is 11.6 Å². The number of benzene rings is 1. The minimum Gasteiger partial charge on any atom is -0.487 e. The molecule has 0 amide bonds. The van der Waals surface area contributed by atoms with Crippen LogP contribution in [0.25, 0.3) is 5.52 Å². The molecular weight excluding hydrogens is 568 g/mol. The van der Waals surface area contributed by atoms with Gasteiger partial charge in [-0.15, -0.1) is 0 Å². The summed E-state index contributed by atoms with van der Waals surface area (Å²) >= 11 is 6.11. The van der Waals surface area contributed by atoms with Gasteiger partial charge in [0.15, 0.2) is 5.78 Å². The number of ketones is 2. The summed E-state index contributed by atoms with van der Waals surface area (Å²) in [6.45, 7) is 11.1. The number of halogens is 1. The maximum atomic E-state index is 14.2. The topological polar surface area (TPSA) is 96.2 Å². The molecule has 9 heteroatoms. The van der Waals surface area contributed by atoms with Crippen LogP contribution < -0.4 is 9.47 Å². The second-order valence-electron chi connectivity index (χ2n) is 12.0. The molecule has 0 atom stereocenters. The summed E-state index contributed by atoms with van der Waals surface area (Å²) in [5, 5.41) is 0.496. The number of nitrogens with zero attached hydrogens (tertiary/aromatic N) is 2. The molecule has 0 saturated heterocycles. The van der Waals surface area contributed by atoms with E-state index in [-0.39, 0.29) is 31.2 Å². The van der Waals surface area contributed by atoms with Crippen molar-refractivity contribution in [1.29, 1.82) is 0 Å². The Morgan fingerprint density at radius 2 is 1.67 bits per heavy atom. The molecule has 0 saturated carbocycles. The van der Waals surface area contributed by atoms with Gasteiger partial charge in [-0.05, 0) is 69.2 Å². The Morgan fingerprint density at radius 1 is 0.977 bits per heavy atom. The molecule has 43 heavy (non-hydrogen) atoms. The molecule has 0 aliphatic heterocycles. The van der Waals surface area contributed by atoms with Crippen LogP contribution in [0, 0.1) is 10.8 Å². The summed E-state index contributed by atoms with van der Waals surface area (Å²) in [6.07, 6.45) is 1.82. The lowest BCUT2D eigenvalue weighted by Crippen LogP contribution is -2.31. The molecule has 0 radical (unpaired) electrons. The number of rotatable bonds is 11. The third-order valence-electron chi connectivity index (χ3n) is 7.06. The van der Waals surface area contributed by atoms with Crippen LogP contribution in [0.5, 0.6) is 11.6 Å². The van der Waals surface area contributed by atoms with E-state index in [1.54, 1.807) is 80.9 Å². The Kier molecular flexibility index (Phi) is 9.30. The van der Waals surface area contributed by atoms with Gasteiger partial charge >= 0.3 is 5.97 Å². The minimum atomic E-state index is -1.03. The molecule has 0 spiro atoms. The minimum absolute atomic E-state index is 0.100. The predicted octanol–water partition coefficient (Wildman–Crippen LogP) is 7.17. The highest BCUT2D eigenvalue weighted by Gasteiger charge is 2.38. The molecule has 0 N–H and O–H groups in total. The van der Waals surface area contributed by atoms with Crippen LogP contribution in [0.15, 0.2) is 60.8 Å². The Labute approximate surface area is 256 Å². The van der Waals surface area contributed by atoms with Crippen molar-refractivity contribution in [2.75, 3.05) is 13.7 Å². The van der Waals surface area contributed by atoms with Crippen molar-refractivity contribution in [3.05, 3.63) is 93.9 Å². The molecule has 3 heterocycles. The molecule has 226 valence electrons. The quantitative estimate of drug-likeness (QED) is 0.132. The van der Waals surface area contributed by atoms with Gasteiger partial charge in [-0.1, -0.05) is 38.4 Å². The number of methoxy groups -OCH3 is 1. The van der Waals surface area contributed by atoms with Gasteiger partial charge in [0.2, 0.25) is 11.7 Å². The van der Waals surface area contributed by atoms with Crippen molar-refractivity contribution >= 4 is 34.7 Å². The molecule has 0 bridgehead atoms. The van der Waals surface area contributed by atoms with Gasteiger partial charge in [-0.25, -0.2) is 4.98 Å². The number of fused-ring (bicyclic) bond motifs is 1. The number of pyridine rings is 2. The van der Waals surface area contributed by atoms with Gasteiger partial charge in [-0.2, -0.15) is 0 Å². The Morgan fingerprint density at radius 3 is 2.30 bits per heavy atom. The van der Waals surface area contributed by atoms with E-state index in [4.69, 9.17) is 25.8 Å². The Hall–Kier alpha value is -4.17. The fourth-order valence-electron chi connectivity index (χ4n) is 4.81. The van der Waals surface area contributed by atoms with Crippen LogP contribution in [0.3, 0.4) is 0 Å². The van der Waals surface area contributed by atoms with E-state index in [2.05, 4.69) is 4.98 Å². The lowest BCUT2D eigenvalue weighted by molar-refractivity contribution is -0.153. The highest BCUT2D eigenvalue weighted by molar-refractivity contribution is 6.30. The van der Waals surface area contributed by atoms with E-state index in [0.29, 0.717) is 50.2 Å². The summed E-state index contributed by atoms with van der Waals surface area (Å²) in [6, 6.07) is 15.5. The molecule has 4 rings (SSSR count). The Bertz CT molecular complexity index is 1660. The molecule has 8 nitrogen and oxygen atoms in total. The van der Waals surface area contributed by atoms with Crippen molar-refractivity contribution in [2.45, 2.75) is 54.6 Å². The van der Waals surface area contributed by atoms with Crippen molar-refractivity contribution in [1.82, 2.24) is 9.38 Å². The largest absolute Gasteiger partial charge is 0.487 e. The number of aromatic nitrogens is 2. The van der Waals surface area contributed by atoms with Crippen molar-refractivity contribution in [3.8, 4) is 11.6 Å². The van der Waals surface area contributed by atoms with E-state index in [1.165, 1.54) is 0 Å². The molecule has 0 aliphatic rings. The van der Waals surface area contributed by atoms with Gasteiger partial charge < -0.3 is 18.6 Å². The van der Waals surface area contributed by atoms with E-state index >= 15 is 0 Å². The number of hydrogen-bond acceptors (Lipinski definition) is 7. The SMILES string of the molecule is CCOC(=O)C(C)(C)Cc1c(C(=O)C(C)(C)C)c2cc(OCc3cccc(OC)n3)ccn2c1C(=O)c1ccc(Cl)cc1. The second kappa shape index (κ2) is 12.6. The Balaban J connectivity index is 1.93. The second-order valence-corrected chi connectivity index (χ2v) is 12.4. The molecule has 0 unspecified atom stereocenters. The number of ether oxygens (including phenoxy) is 3. The van der Waals surface area contributed by atoms with Crippen LogP contribution in [-0.2, 0) is 22.6 Å². The average molecular weight is 605 g/mol. The molecular formula is C34H37ClN2O6. The first-order valence-electron chi connectivity index (χ1n) is 14.1. The zero-order chi connectivity index (χ0) is 31.5. The van der Waals surface area contributed by atoms with Crippen LogP contribution in [0.2, 0.25) is 5.02 Å². The first-order chi connectivity index (χ1) is 20.3. The summed E-state index contributed by atoms with van der Waals surface area (Å²) in [5.41, 5.74) is 0.893. The van der Waals surface area contributed by atoms with E-state index < -0.39 is 16.8 Å². The molecule has 0 aliphatic carbocycles. The zero-order valence-electron chi connectivity index (χ0n) is 25.6. The normalized spacial score (nSPS) is 11.8. The zero-order valence-corrected chi connectivity index (χ0v) is 26.4. The first-order valence-corrected chi connectivity index (χ1v) is 14.5. The number of esters is 1. The molecule has 0 fully saturated rings. The third kappa shape index (κ3) is 6.91. The number of hydrogen-bond donors (Lipinski definition) is 0. The fourth-order valence-corrected chi connectivity index (χ4v) is 4.94. The van der Waals surface area contributed by atoms with Crippen molar-refractivity contribution in [2.24, 2.45) is 10.8 Å². The maximum Gasteiger partial charge on any atom is 0.311 e. The number of carbonyl (C=O) groups excluding carboxylic acids is 3. The summed E-state index contributed by atoms with van der Waals surface area (Å²) in [5.74, 6) is 0.0729. The van der Waals surface area contributed by atoms with E-state index in [1.807, 2.05) is 32.9 Å².